The lowest BCUT2D eigenvalue weighted by atomic mass is 10.1. The van der Waals surface area contributed by atoms with E-state index in [2.05, 4.69) is 69.4 Å². The third kappa shape index (κ3) is 40.6. The monoisotopic (exact) mass is 729 g/mol. The lowest BCUT2D eigenvalue weighted by Crippen LogP contribution is -2.30. The van der Waals surface area contributed by atoms with E-state index in [4.69, 9.17) is 14.2 Å². The zero-order valence-corrected chi connectivity index (χ0v) is 34.6. The fourth-order valence-electron chi connectivity index (χ4n) is 6.03. The fourth-order valence-corrected chi connectivity index (χ4v) is 6.03. The largest absolute Gasteiger partial charge is 0.462 e. The average Bonchev–Trinajstić information content (AvgIpc) is 3.14. The third-order valence-electron chi connectivity index (χ3n) is 9.35. The Hall–Kier alpha value is -2.14. The van der Waals surface area contributed by atoms with Gasteiger partial charge in [0.2, 0.25) is 0 Å². The minimum atomic E-state index is -0.545. The highest BCUT2D eigenvalue weighted by molar-refractivity contribution is 5.70. The van der Waals surface area contributed by atoms with Gasteiger partial charge in [0.25, 0.3) is 0 Å². The van der Waals surface area contributed by atoms with Gasteiger partial charge in [0.15, 0.2) is 6.10 Å². The van der Waals surface area contributed by atoms with Crippen molar-refractivity contribution in [3.63, 3.8) is 0 Å². The van der Waals surface area contributed by atoms with Crippen LogP contribution in [0.4, 0.5) is 0 Å². The van der Waals surface area contributed by atoms with Crippen molar-refractivity contribution >= 4 is 11.9 Å². The Balaban J connectivity index is 4.29. The van der Waals surface area contributed by atoms with Crippen LogP contribution in [0, 0.1) is 0 Å². The molecule has 1 unspecified atom stereocenters. The highest BCUT2D eigenvalue weighted by Gasteiger charge is 2.17. The molecule has 0 rings (SSSR count). The Kier molecular flexibility index (Phi) is 41.5. The first-order chi connectivity index (χ1) is 25.6. The summed E-state index contributed by atoms with van der Waals surface area (Å²) in [6.45, 7) is 7.62. The highest BCUT2D eigenvalue weighted by Crippen LogP contribution is 2.14. The minimum absolute atomic E-state index is 0.0736. The second-order valence-electron chi connectivity index (χ2n) is 14.6. The molecule has 0 heterocycles. The van der Waals surface area contributed by atoms with Gasteiger partial charge in [-0.05, 0) is 70.6 Å². The van der Waals surface area contributed by atoms with Crippen LogP contribution < -0.4 is 0 Å². The Morgan fingerprint density at radius 3 is 1.46 bits per heavy atom. The van der Waals surface area contributed by atoms with Crippen molar-refractivity contribution in [3.05, 3.63) is 48.6 Å². The maximum atomic E-state index is 12.7. The smallest absolute Gasteiger partial charge is 0.306 e. The Labute approximate surface area is 322 Å². The van der Waals surface area contributed by atoms with Crippen LogP contribution in [0.25, 0.3) is 0 Å². The molecular weight excluding hydrogens is 645 g/mol. The van der Waals surface area contributed by atoms with E-state index < -0.39 is 6.10 Å². The van der Waals surface area contributed by atoms with Gasteiger partial charge >= 0.3 is 11.9 Å². The molecule has 5 nitrogen and oxygen atoms in total. The van der Waals surface area contributed by atoms with Crippen molar-refractivity contribution < 1.29 is 23.8 Å². The van der Waals surface area contributed by atoms with Crippen LogP contribution in [0.5, 0.6) is 0 Å². The number of rotatable bonds is 40. The topological polar surface area (TPSA) is 61.8 Å². The van der Waals surface area contributed by atoms with E-state index in [1.165, 1.54) is 103 Å². The molecule has 0 aliphatic rings. The van der Waals surface area contributed by atoms with Gasteiger partial charge < -0.3 is 14.2 Å². The molecule has 302 valence electrons. The number of hydrogen-bond acceptors (Lipinski definition) is 5. The van der Waals surface area contributed by atoms with Gasteiger partial charge in [-0.15, -0.1) is 0 Å². The van der Waals surface area contributed by atoms with Gasteiger partial charge in [-0.25, -0.2) is 0 Å². The predicted molar refractivity (Wildman–Crippen MR) is 224 cm³/mol. The zero-order chi connectivity index (χ0) is 37.8. The standard InChI is InChI=1S/C47H84O5/c1-4-7-10-13-16-19-22-23-24-27-30-33-36-39-42-50-43-45(52-47(49)41-38-35-32-29-26-21-18-15-12-9-6-3)44-51-46(48)40-37-34-31-28-25-20-17-14-11-8-5-2/h7,10,14,16-17,19,23-24,45H,4-6,8-9,11-13,15,18,20-22,25-44H2,1-3H3/b10-7-,17-14-,19-16-,24-23-. The highest BCUT2D eigenvalue weighted by atomic mass is 16.6. The minimum Gasteiger partial charge on any atom is -0.462 e. The summed E-state index contributed by atoms with van der Waals surface area (Å²) in [7, 11) is 0. The van der Waals surface area contributed by atoms with Crippen molar-refractivity contribution in [3.8, 4) is 0 Å². The first-order valence-corrected chi connectivity index (χ1v) is 22.2. The molecule has 0 spiro atoms. The van der Waals surface area contributed by atoms with Crippen molar-refractivity contribution in [2.45, 2.75) is 219 Å². The van der Waals surface area contributed by atoms with Gasteiger partial charge in [-0.3, -0.25) is 9.59 Å². The second-order valence-corrected chi connectivity index (χ2v) is 14.6. The van der Waals surface area contributed by atoms with Gasteiger partial charge in [-0.1, -0.05) is 179 Å². The molecule has 52 heavy (non-hydrogen) atoms. The normalized spacial score (nSPS) is 12.6. The Morgan fingerprint density at radius 1 is 0.442 bits per heavy atom. The number of unbranched alkanes of at least 4 members (excludes halogenated alkanes) is 21. The average molecular weight is 729 g/mol. The molecule has 0 aromatic heterocycles. The van der Waals surface area contributed by atoms with E-state index in [1.54, 1.807) is 0 Å². The van der Waals surface area contributed by atoms with Crippen molar-refractivity contribution in [1.82, 2.24) is 0 Å². The van der Waals surface area contributed by atoms with Crippen LogP contribution in [-0.4, -0.2) is 37.9 Å². The Morgan fingerprint density at radius 2 is 0.885 bits per heavy atom. The molecule has 5 heteroatoms. The maximum absolute atomic E-state index is 12.7. The summed E-state index contributed by atoms with van der Waals surface area (Å²) in [5.41, 5.74) is 0. The zero-order valence-electron chi connectivity index (χ0n) is 34.6. The number of ether oxygens (including phenoxy) is 3. The van der Waals surface area contributed by atoms with Gasteiger partial charge in [-0.2, -0.15) is 0 Å². The fraction of sp³-hybridized carbons (Fsp3) is 0.787. The number of esters is 2. The molecule has 0 saturated heterocycles. The predicted octanol–water partition coefficient (Wildman–Crippen LogP) is 14.4. The molecular formula is C47H84O5. The summed E-state index contributed by atoms with van der Waals surface area (Å²) in [5, 5.41) is 0. The van der Waals surface area contributed by atoms with E-state index in [9.17, 15) is 9.59 Å². The molecule has 0 bridgehead atoms. The van der Waals surface area contributed by atoms with Crippen LogP contribution in [0.15, 0.2) is 48.6 Å². The van der Waals surface area contributed by atoms with E-state index in [-0.39, 0.29) is 25.2 Å². The summed E-state index contributed by atoms with van der Waals surface area (Å²) < 4.78 is 17.3. The van der Waals surface area contributed by atoms with E-state index in [1.807, 2.05) is 0 Å². The molecule has 0 aliphatic heterocycles. The van der Waals surface area contributed by atoms with Crippen molar-refractivity contribution in [1.29, 1.82) is 0 Å². The summed E-state index contributed by atoms with van der Waals surface area (Å²) in [4.78, 5) is 25.2. The second kappa shape index (κ2) is 43.3. The third-order valence-corrected chi connectivity index (χ3v) is 9.35. The van der Waals surface area contributed by atoms with Crippen LogP contribution in [0.2, 0.25) is 0 Å². The summed E-state index contributed by atoms with van der Waals surface area (Å²) in [5.74, 6) is -0.419. The summed E-state index contributed by atoms with van der Waals surface area (Å²) >= 11 is 0. The van der Waals surface area contributed by atoms with Crippen LogP contribution >= 0.6 is 0 Å². The number of carbonyl (C=O) groups is 2. The van der Waals surface area contributed by atoms with Crippen LogP contribution in [-0.2, 0) is 23.8 Å². The van der Waals surface area contributed by atoms with E-state index >= 15 is 0 Å². The molecule has 0 radical (unpaired) electrons. The summed E-state index contributed by atoms with van der Waals surface area (Å²) in [6.07, 6.45) is 51.1. The lowest BCUT2D eigenvalue weighted by molar-refractivity contribution is -0.163. The van der Waals surface area contributed by atoms with E-state index in [0.717, 1.165) is 77.0 Å². The van der Waals surface area contributed by atoms with Crippen LogP contribution in [0.1, 0.15) is 213 Å². The Bertz CT molecular complexity index is 873. The first kappa shape index (κ1) is 49.9. The first-order valence-electron chi connectivity index (χ1n) is 22.2. The molecule has 0 amide bonds. The number of allylic oxidation sites excluding steroid dienone is 8. The number of hydrogen-bond donors (Lipinski definition) is 0. The van der Waals surface area contributed by atoms with Gasteiger partial charge in [0.05, 0.1) is 6.61 Å². The van der Waals surface area contributed by atoms with Crippen molar-refractivity contribution in [2.24, 2.45) is 0 Å². The lowest BCUT2D eigenvalue weighted by Gasteiger charge is -2.18. The SMILES string of the molecule is CC/C=C\C/C=C\C/C=C\CCCCCCOCC(COC(=O)CCCCCCC/C=C\CCCC)OC(=O)CCCCCCCCCCCCC. The molecule has 0 saturated carbocycles. The van der Waals surface area contributed by atoms with Crippen molar-refractivity contribution in [2.75, 3.05) is 19.8 Å². The molecule has 0 fully saturated rings. The molecule has 0 aliphatic carbocycles. The van der Waals surface area contributed by atoms with E-state index in [0.29, 0.717) is 19.4 Å². The molecule has 1 atom stereocenters. The van der Waals surface area contributed by atoms with Gasteiger partial charge in [0, 0.05) is 19.4 Å². The molecule has 0 aromatic carbocycles. The molecule has 0 aromatic rings. The summed E-state index contributed by atoms with van der Waals surface area (Å²) in [6, 6.07) is 0. The van der Waals surface area contributed by atoms with Crippen LogP contribution in [0.3, 0.4) is 0 Å². The molecule has 0 N–H and O–H groups in total. The quantitative estimate of drug-likeness (QED) is 0.0357. The maximum Gasteiger partial charge on any atom is 0.306 e. The number of carbonyl (C=O) groups excluding carboxylic acids is 2. The van der Waals surface area contributed by atoms with Gasteiger partial charge in [0.1, 0.15) is 6.61 Å².